The molecule has 5 heteroatoms. The lowest BCUT2D eigenvalue weighted by molar-refractivity contribution is 0.537. The van der Waals surface area contributed by atoms with E-state index >= 15 is 0 Å². The van der Waals surface area contributed by atoms with Gasteiger partial charge >= 0.3 is 0 Å². The molecule has 1 atom stereocenters. The van der Waals surface area contributed by atoms with Gasteiger partial charge in [-0.25, -0.2) is 4.98 Å². The normalized spacial score (nSPS) is 13.0. The van der Waals surface area contributed by atoms with Crippen LogP contribution in [0.3, 0.4) is 0 Å². The maximum Gasteiger partial charge on any atom is 0.136 e. The van der Waals surface area contributed by atoms with Crippen molar-refractivity contribution in [1.82, 2.24) is 4.98 Å². The van der Waals surface area contributed by atoms with Crippen LogP contribution in [-0.4, -0.2) is 13.7 Å². The molecule has 3 nitrogen and oxygen atoms in total. The van der Waals surface area contributed by atoms with Gasteiger partial charge < -0.3 is 4.55 Å². The van der Waals surface area contributed by atoms with Gasteiger partial charge in [-0.1, -0.05) is 17.7 Å². The van der Waals surface area contributed by atoms with E-state index in [-0.39, 0.29) is 4.90 Å². The number of rotatable bonds is 1. The summed E-state index contributed by atoms with van der Waals surface area (Å²) in [5.41, 5.74) is 0. The van der Waals surface area contributed by atoms with Crippen molar-refractivity contribution in [3.63, 3.8) is 0 Å². The SMILES string of the molecule is O=S([O-])c1ccc2ccnc(Cl)c2c1. The second-order valence-corrected chi connectivity index (χ2v) is 4.02. The molecule has 2 aromatic rings. The lowest BCUT2D eigenvalue weighted by Gasteiger charge is -2.06. The van der Waals surface area contributed by atoms with E-state index in [4.69, 9.17) is 11.6 Å². The maximum atomic E-state index is 10.7. The minimum absolute atomic E-state index is 0.215. The van der Waals surface area contributed by atoms with E-state index in [9.17, 15) is 8.76 Å². The Bertz CT molecular complexity index is 515. The molecule has 0 aliphatic rings. The van der Waals surface area contributed by atoms with E-state index in [0.717, 1.165) is 5.39 Å². The molecular formula is C9H5ClNO2S-. The largest absolute Gasteiger partial charge is 0.768 e. The number of pyridine rings is 1. The van der Waals surface area contributed by atoms with Gasteiger partial charge in [0.1, 0.15) is 5.15 Å². The highest BCUT2D eigenvalue weighted by atomic mass is 35.5. The van der Waals surface area contributed by atoms with E-state index in [1.54, 1.807) is 18.3 Å². The molecule has 0 bridgehead atoms. The predicted octanol–water partition coefficient (Wildman–Crippen LogP) is 2.13. The number of halogens is 1. The molecule has 0 amide bonds. The number of fused-ring (bicyclic) bond motifs is 1. The van der Waals surface area contributed by atoms with E-state index in [1.165, 1.54) is 12.1 Å². The van der Waals surface area contributed by atoms with Crippen molar-refractivity contribution in [3.05, 3.63) is 35.6 Å². The summed E-state index contributed by atoms with van der Waals surface area (Å²) in [4.78, 5) is 4.09. The fourth-order valence-corrected chi connectivity index (χ4v) is 1.83. The minimum atomic E-state index is -2.23. The average molecular weight is 227 g/mol. The standard InChI is InChI=1S/C9H6ClNO2S/c10-9-8-5-7(14(12)13)2-1-6(8)3-4-11-9/h1-5H,(H,12,13)/p-1. The van der Waals surface area contributed by atoms with Crippen LogP contribution in [0, 0.1) is 0 Å². The third-order valence-electron chi connectivity index (χ3n) is 1.88. The molecule has 0 aliphatic heterocycles. The van der Waals surface area contributed by atoms with Gasteiger partial charge in [-0.2, -0.15) is 0 Å². The number of benzene rings is 1. The lowest BCUT2D eigenvalue weighted by Crippen LogP contribution is -1.89. The molecular weight excluding hydrogens is 222 g/mol. The van der Waals surface area contributed by atoms with Gasteiger partial charge in [0, 0.05) is 16.5 Å². The second-order valence-electron chi connectivity index (χ2n) is 2.72. The van der Waals surface area contributed by atoms with Crippen LogP contribution >= 0.6 is 11.6 Å². The molecule has 2 rings (SSSR count). The molecule has 14 heavy (non-hydrogen) atoms. The molecule has 1 aromatic carbocycles. The predicted molar refractivity (Wildman–Crippen MR) is 53.9 cm³/mol. The van der Waals surface area contributed by atoms with E-state index in [2.05, 4.69) is 4.98 Å². The van der Waals surface area contributed by atoms with Gasteiger partial charge in [0.15, 0.2) is 0 Å². The van der Waals surface area contributed by atoms with Gasteiger partial charge in [0.25, 0.3) is 0 Å². The van der Waals surface area contributed by atoms with Crippen LogP contribution in [0.4, 0.5) is 0 Å². The highest BCUT2D eigenvalue weighted by molar-refractivity contribution is 7.79. The van der Waals surface area contributed by atoms with Gasteiger partial charge in [0.2, 0.25) is 0 Å². The van der Waals surface area contributed by atoms with Crippen LogP contribution in [0.1, 0.15) is 0 Å². The fourth-order valence-electron chi connectivity index (χ4n) is 1.22. The zero-order chi connectivity index (χ0) is 10.1. The van der Waals surface area contributed by atoms with Gasteiger partial charge in [-0.05, 0) is 34.7 Å². The smallest absolute Gasteiger partial charge is 0.136 e. The molecule has 0 N–H and O–H groups in total. The third-order valence-corrected chi connectivity index (χ3v) is 2.82. The van der Waals surface area contributed by atoms with Gasteiger partial charge in [-0.3, -0.25) is 4.21 Å². The molecule has 72 valence electrons. The van der Waals surface area contributed by atoms with Crippen LogP contribution < -0.4 is 0 Å². The first-order chi connectivity index (χ1) is 6.68. The molecule has 0 fully saturated rings. The molecule has 1 heterocycles. The molecule has 0 spiro atoms. The first-order valence-corrected chi connectivity index (χ1v) is 5.27. The van der Waals surface area contributed by atoms with Gasteiger partial charge in [0.05, 0.1) is 0 Å². The number of hydrogen-bond donors (Lipinski definition) is 0. The first-order valence-electron chi connectivity index (χ1n) is 3.82. The Balaban J connectivity index is 2.76. The molecule has 0 saturated carbocycles. The quantitative estimate of drug-likeness (QED) is 0.553. The average Bonchev–Trinajstić information content (AvgIpc) is 2.18. The van der Waals surface area contributed by atoms with Crippen molar-refractivity contribution in [3.8, 4) is 0 Å². The van der Waals surface area contributed by atoms with Crippen molar-refractivity contribution >= 4 is 33.5 Å². The summed E-state index contributed by atoms with van der Waals surface area (Å²) in [5.74, 6) is 0. The molecule has 0 saturated heterocycles. The molecule has 0 radical (unpaired) electrons. The van der Waals surface area contributed by atoms with Gasteiger partial charge in [-0.15, -0.1) is 0 Å². The van der Waals surface area contributed by atoms with Crippen molar-refractivity contribution in [2.45, 2.75) is 4.90 Å². The summed E-state index contributed by atoms with van der Waals surface area (Å²) in [6, 6.07) is 6.52. The van der Waals surface area contributed by atoms with Crippen molar-refractivity contribution in [1.29, 1.82) is 0 Å². The summed E-state index contributed by atoms with van der Waals surface area (Å²) >= 11 is 3.59. The van der Waals surface area contributed by atoms with E-state index in [1.807, 2.05) is 0 Å². The highest BCUT2D eigenvalue weighted by Gasteiger charge is 2.01. The summed E-state index contributed by atoms with van der Waals surface area (Å²) < 4.78 is 21.4. The summed E-state index contributed by atoms with van der Waals surface area (Å²) in [6.45, 7) is 0. The zero-order valence-electron chi connectivity index (χ0n) is 6.94. The Morgan fingerprint density at radius 1 is 1.36 bits per heavy atom. The Morgan fingerprint density at radius 3 is 2.86 bits per heavy atom. The molecule has 1 aromatic heterocycles. The van der Waals surface area contributed by atoms with E-state index in [0.29, 0.717) is 10.5 Å². The topological polar surface area (TPSA) is 53.0 Å². The summed E-state index contributed by atoms with van der Waals surface area (Å²) in [6.07, 6.45) is 1.58. The van der Waals surface area contributed by atoms with Crippen LogP contribution in [0.25, 0.3) is 10.8 Å². The van der Waals surface area contributed by atoms with E-state index < -0.39 is 11.1 Å². The van der Waals surface area contributed by atoms with Crippen LogP contribution in [-0.2, 0) is 11.1 Å². The highest BCUT2D eigenvalue weighted by Crippen LogP contribution is 2.22. The van der Waals surface area contributed by atoms with Crippen LogP contribution in [0.2, 0.25) is 5.15 Å². The van der Waals surface area contributed by atoms with Crippen molar-refractivity contribution in [2.24, 2.45) is 0 Å². The maximum absolute atomic E-state index is 10.7. The second kappa shape index (κ2) is 3.65. The molecule has 0 aliphatic carbocycles. The first kappa shape index (κ1) is 9.58. The Labute approximate surface area is 88.0 Å². The number of hydrogen-bond acceptors (Lipinski definition) is 3. The Hall–Kier alpha value is -0.970. The third kappa shape index (κ3) is 1.64. The molecule has 1 unspecified atom stereocenters. The zero-order valence-corrected chi connectivity index (χ0v) is 8.51. The number of nitrogens with zero attached hydrogens (tertiary/aromatic N) is 1. The number of aromatic nitrogens is 1. The summed E-state index contributed by atoms with van der Waals surface area (Å²) in [5, 5.41) is 1.84. The fraction of sp³-hybridized carbons (Fsp3) is 0. The van der Waals surface area contributed by atoms with Crippen LogP contribution in [0.15, 0.2) is 35.4 Å². The minimum Gasteiger partial charge on any atom is -0.768 e. The Kier molecular flexibility index (Phi) is 2.50. The summed E-state index contributed by atoms with van der Waals surface area (Å²) in [7, 11) is 0. The van der Waals surface area contributed by atoms with Crippen LogP contribution in [0.5, 0.6) is 0 Å². The monoisotopic (exact) mass is 226 g/mol. The Morgan fingerprint density at radius 2 is 2.14 bits per heavy atom. The van der Waals surface area contributed by atoms with Crippen molar-refractivity contribution < 1.29 is 8.76 Å². The van der Waals surface area contributed by atoms with Crippen molar-refractivity contribution in [2.75, 3.05) is 0 Å². The lowest BCUT2D eigenvalue weighted by atomic mass is 10.2.